The van der Waals surface area contributed by atoms with Crippen molar-refractivity contribution >= 4 is 21.6 Å². The predicted octanol–water partition coefficient (Wildman–Crippen LogP) is 3.74. The van der Waals surface area contributed by atoms with E-state index in [-0.39, 0.29) is 11.7 Å². The molecular formula is C24H24N2O4S. The highest BCUT2D eigenvalue weighted by Gasteiger charge is 2.28. The molecule has 160 valence electrons. The second-order valence-electron chi connectivity index (χ2n) is 7.39. The minimum absolute atomic E-state index is 0.149. The van der Waals surface area contributed by atoms with Crippen molar-refractivity contribution in [1.82, 2.24) is 5.32 Å². The standard InChI is InChI=1S/C24H24N2O4S/c27-24(21-6-4-7-22(16-21)26-14-5-15-31(26,28)29)25-17-19-10-12-20(13-11-19)18-30-23-8-2-1-3-9-23/h1-4,6-13,16H,5,14-15,17-18H2,(H,25,27). The van der Waals surface area contributed by atoms with Gasteiger partial charge in [0.2, 0.25) is 10.0 Å². The Morgan fingerprint density at radius 2 is 1.68 bits per heavy atom. The highest BCUT2D eigenvalue weighted by molar-refractivity contribution is 7.93. The molecule has 1 heterocycles. The van der Waals surface area contributed by atoms with Gasteiger partial charge >= 0.3 is 0 Å². The molecule has 1 N–H and O–H groups in total. The van der Waals surface area contributed by atoms with Crippen molar-refractivity contribution in [2.24, 2.45) is 0 Å². The summed E-state index contributed by atoms with van der Waals surface area (Å²) in [6.45, 7) is 1.31. The second kappa shape index (κ2) is 9.22. The normalized spacial score (nSPS) is 14.9. The van der Waals surface area contributed by atoms with Gasteiger partial charge in [0.25, 0.3) is 5.91 Å². The molecule has 0 aromatic heterocycles. The Balaban J connectivity index is 1.33. The van der Waals surface area contributed by atoms with Gasteiger partial charge in [-0.15, -0.1) is 0 Å². The fourth-order valence-corrected chi connectivity index (χ4v) is 5.01. The Morgan fingerprint density at radius 1 is 0.935 bits per heavy atom. The zero-order valence-corrected chi connectivity index (χ0v) is 17.8. The van der Waals surface area contributed by atoms with Gasteiger partial charge in [0.05, 0.1) is 11.4 Å². The molecule has 1 aliphatic heterocycles. The molecular weight excluding hydrogens is 412 g/mol. The number of hydrogen-bond donors (Lipinski definition) is 1. The van der Waals surface area contributed by atoms with Crippen molar-refractivity contribution in [2.45, 2.75) is 19.6 Å². The van der Waals surface area contributed by atoms with Crippen LogP contribution in [-0.4, -0.2) is 26.6 Å². The fourth-order valence-electron chi connectivity index (χ4n) is 3.45. The van der Waals surface area contributed by atoms with Gasteiger partial charge in [0.15, 0.2) is 0 Å². The zero-order valence-electron chi connectivity index (χ0n) is 17.0. The van der Waals surface area contributed by atoms with Crippen molar-refractivity contribution in [1.29, 1.82) is 0 Å². The van der Waals surface area contributed by atoms with Crippen molar-refractivity contribution < 1.29 is 17.9 Å². The third-order valence-corrected chi connectivity index (χ3v) is 6.99. The van der Waals surface area contributed by atoms with Crippen LogP contribution in [0.25, 0.3) is 0 Å². The van der Waals surface area contributed by atoms with Crippen LogP contribution in [0.4, 0.5) is 5.69 Å². The number of carbonyl (C=O) groups is 1. The average molecular weight is 437 g/mol. The first-order chi connectivity index (χ1) is 15.0. The lowest BCUT2D eigenvalue weighted by molar-refractivity contribution is 0.0951. The predicted molar refractivity (Wildman–Crippen MR) is 121 cm³/mol. The minimum atomic E-state index is -3.27. The highest BCUT2D eigenvalue weighted by atomic mass is 32.2. The fraction of sp³-hybridized carbons (Fsp3) is 0.208. The van der Waals surface area contributed by atoms with Crippen LogP contribution in [0, 0.1) is 0 Å². The third kappa shape index (κ3) is 5.24. The summed E-state index contributed by atoms with van der Waals surface area (Å²) in [6, 6.07) is 24.2. The highest BCUT2D eigenvalue weighted by Crippen LogP contribution is 2.24. The van der Waals surface area contributed by atoms with Crippen LogP contribution in [0.2, 0.25) is 0 Å². The van der Waals surface area contributed by atoms with Crippen molar-refractivity contribution in [3.05, 3.63) is 95.6 Å². The van der Waals surface area contributed by atoms with Crippen molar-refractivity contribution in [3.63, 3.8) is 0 Å². The molecule has 0 unspecified atom stereocenters. The summed E-state index contributed by atoms with van der Waals surface area (Å²) in [7, 11) is -3.27. The van der Waals surface area contributed by atoms with Crippen LogP contribution in [0.15, 0.2) is 78.9 Å². The van der Waals surface area contributed by atoms with Crippen LogP contribution < -0.4 is 14.4 Å². The number of anilines is 1. The number of sulfonamides is 1. The molecule has 0 spiro atoms. The van der Waals surface area contributed by atoms with E-state index in [0.717, 1.165) is 16.9 Å². The van der Waals surface area contributed by atoms with Gasteiger partial charge in [-0.05, 0) is 47.9 Å². The first-order valence-electron chi connectivity index (χ1n) is 10.2. The van der Waals surface area contributed by atoms with E-state index in [2.05, 4.69) is 5.32 Å². The van der Waals surface area contributed by atoms with E-state index < -0.39 is 10.0 Å². The molecule has 31 heavy (non-hydrogen) atoms. The number of amides is 1. The number of ether oxygens (including phenoxy) is 1. The Hall–Kier alpha value is -3.32. The molecule has 0 radical (unpaired) electrons. The van der Waals surface area contributed by atoms with Crippen LogP contribution in [-0.2, 0) is 23.2 Å². The molecule has 3 aromatic rings. The van der Waals surface area contributed by atoms with Crippen LogP contribution in [0.5, 0.6) is 5.75 Å². The number of nitrogens with one attached hydrogen (secondary N) is 1. The van der Waals surface area contributed by atoms with Crippen LogP contribution in [0.3, 0.4) is 0 Å². The molecule has 4 rings (SSSR count). The summed E-state index contributed by atoms with van der Waals surface area (Å²) >= 11 is 0. The average Bonchev–Trinajstić information content (AvgIpc) is 3.16. The Morgan fingerprint density at radius 3 is 2.39 bits per heavy atom. The lowest BCUT2D eigenvalue weighted by Crippen LogP contribution is -2.26. The number of nitrogens with zero attached hydrogens (tertiary/aromatic N) is 1. The maximum Gasteiger partial charge on any atom is 0.251 e. The zero-order chi connectivity index (χ0) is 21.7. The number of carbonyl (C=O) groups excluding carboxylic acids is 1. The van der Waals surface area contributed by atoms with Crippen molar-refractivity contribution in [2.75, 3.05) is 16.6 Å². The monoisotopic (exact) mass is 436 g/mol. The van der Waals surface area contributed by atoms with Gasteiger partial charge in [-0.25, -0.2) is 8.42 Å². The molecule has 0 aliphatic carbocycles. The first-order valence-corrected chi connectivity index (χ1v) is 11.8. The summed E-state index contributed by atoms with van der Waals surface area (Å²) in [6.07, 6.45) is 0.602. The first kappa shape index (κ1) is 20.9. The third-order valence-electron chi connectivity index (χ3n) is 5.12. The topological polar surface area (TPSA) is 75.7 Å². The largest absolute Gasteiger partial charge is 0.489 e. The molecule has 1 fully saturated rings. The number of para-hydroxylation sites is 1. The van der Waals surface area contributed by atoms with Crippen molar-refractivity contribution in [3.8, 4) is 5.75 Å². The molecule has 3 aromatic carbocycles. The van der Waals surface area contributed by atoms with Gasteiger partial charge in [0.1, 0.15) is 12.4 Å². The Kier molecular flexibility index (Phi) is 6.23. The summed E-state index contributed by atoms with van der Waals surface area (Å²) in [4.78, 5) is 12.6. The lowest BCUT2D eigenvalue weighted by Gasteiger charge is -2.17. The molecule has 1 saturated heterocycles. The van der Waals surface area contributed by atoms with E-state index in [1.165, 1.54) is 4.31 Å². The smallest absolute Gasteiger partial charge is 0.251 e. The maximum absolute atomic E-state index is 12.6. The Bertz CT molecular complexity index is 1150. The van der Waals surface area contributed by atoms with E-state index in [4.69, 9.17) is 4.74 Å². The molecule has 0 saturated carbocycles. The second-order valence-corrected chi connectivity index (χ2v) is 9.41. The van der Waals surface area contributed by atoms with E-state index >= 15 is 0 Å². The molecule has 0 bridgehead atoms. The Labute approximate surface area is 182 Å². The quantitative estimate of drug-likeness (QED) is 0.612. The molecule has 1 aliphatic rings. The van der Waals surface area contributed by atoms with E-state index in [1.807, 2.05) is 54.6 Å². The van der Waals surface area contributed by atoms with Gasteiger partial charge in [0, 0.05) is 18.7 Å². The van der Waals surface area contributed by atoms with Crippen LogP contribution >= 0.6 is 0 Å². The molecule has 6 nitrogen and oxygen atoms in total. The van der Waals surface area contributed by atoms with Gasteiger partial charge in [-0.3, -0.25) is 9.10 Å². The number of benzene rings is 3. The van der Waals surface area contributed by atoms with E-state index in [1.54, 1.807) is 24.3 Å². The number of rotatable bonds is 7. The summed E-state index contributed by atoms with van der Waals surface area (Å²) in [5.74, 6) is 0.730. The summed E-state index contributed by atoms with van der Waals surface area (Å²) in [5.41, 5.74) is 2.98. The summed E-state index contributed by atoms with van der Waals surface area (Å²) < 4.78 is 31.4. The lowest BCUT2D eigenvalue weighted by atomic mass is 10.1. The van der Waals surface area contributed by atoms with Crippen LogP contribution in [0.1, 0.15) is 27.9 Å². The summed E-state index contributed by atoms with van der Waals surface area (Å²) in [5, 5.41) is 2.89. The molecule has 1 amide bonds. The molecule has 0 atom stereocenters. The number of hydrogen-bond acceptors (Lipinski definition) is 4. The minimum Gasteiger partial charge on any atom is -0.489 e. The van der Waals surface area contributed by atoms with E-state index in [0.29, 0.717) is 37.4 Å². The molecule has 7 heteroatoms. The maximum atomic E-state index is 12.6. The van der Waals surface area contributed by atoms with Gasteiger partial charge in [-0.1, -0.05) is 48.5 Å². The SMILES string of the molecule is O=C(NCc1ccc(COc2ccccc2)cc1)c1cccc(N2CCCS2(=O)=O)c1. The van der Waals surface area contributed by atoms with Gasteiger partial charge in [-0.2, -0.15) is 0 Å². The van der Waals surface area contributed by atoms with E-state index in [9.17, 15) is 13.2 Å². The van der Waals surface area contributed by atoms with Gasteiger partial charge < -0.3 is 10.1 Å².